The maximum Gasteiger partial charge on any atom is 0.348 e. The summed E-state index contributed by atoms with van der Waals surface area (Å²) < 4.78 is 4.98. The van der Waals surface area contributed by atoms with Crippen LogP contribution in [0.3, 0.4) is 0 Å². The van der Waals surface area contributed by atoms with Crippen molar-refractivity contribution in [3.05, 3.63) is 21.4 Å². The average molecular weight is 338 g/mol. The van der Waals surface area contributed by atoms with Crippen molar-refractivity contribution in [2.24, 2.45) is 0 Å². The number of rotatable bonds is 3. The summed E-state index contributed by atoms with van der Waals surface area (Å²) in [4.78, 5) is 36.9. The molecule has 0 aliphatic heterocycles. The second kappa shape index (κ2) is 7.12. The Morgan fingerprint density at radius 2 is 1.91 bits per heavy atom. The van der Waals surface area contributed by atoms with Crippen LogP contribution in [-0.4, -0.2) is 30.1 Å². The lowest BCUT2D eigenvalue weighted by Crippen LogP contribution is -2.49. The molecule has 0 saturated carbocycles. The number of ether oxygens (including phenoxy) is 1. The van der Waals surface area contributed by atoms with E-state index in [0.29, 0.717) is 4.88 Å². The van der Waals surface area contributed by atoms with Gasteiger partial charge in [0.1, 0.15) is 4.88 Å². The van der Waals surface area contributed by atoms with Crippen LogP contribution < -0.4 is 10.6 Å². The fourth-order valence-electron chi connectivity index (χ4n) is 2.33. The van der Waals surface area contributed by atoms with Gasteiger partial charge in [-0.25, -0.2) is 9.59 Å². The van der Waals surface area contributed by atoms with Crippen molar-refractivity contribution in [2.45, 2.75) is 52.0 Å². The predicted octanol–water partition coefficient (Wildman–Crippen LogP) is 2.41. The molecule has 1 aliphatic carbocycles. The van der Waals surface area contributed by atoms with Gasteiger partial charge >= 0.3 is 12.0 Å². The topological polar surface area (TPSA) is 84.5 Å². The molecule has 0 unspecified atom stereocenters. The van der Waals surface area contributed by atoms with E-state index in [-0.39, 0.29) is 0 Å². The Hall–Kier alpha value is -1.89. The first-order chi connectivity index (χ1) is 10.7. The molecule has 23 heavy (non-hydrogen) atoms. The number of carbonyl (C=O) groups is 3. The van der Waals surface area contributed by atoms with Crippen molar-refractivity contribution in [1.82, 2.24) is 10.6 Å². The Morgan fingerprint density at radius 3 is 2.57 bits per heavy atom. The van der Waals surface area contributed by atoms with Gasteiger partial charge in [0.25, 0.3) is 5.91 Å². The summed E-state index contributed by atoms with van der Waals surface area (Å²) in [7, 11) is 0. The van der Waals surface area contributed by atoms with E-state index in [0.717, 1.165) is 25.7 Å². The first kappa shape index (κ1) is 17.5. The van der Waals surface area contributed by atoms with E-state index in [9.17, 15) is 14.4 Å². The molecular weight excluding hydrogens is 316 g/mol. The Bertz CT molecular complexity index is 593. The van der Waals surface area contributed by atoms with E-state index in [1.165, 1.54) is 21.8 Å². The van der Waals surface area contributed by atoms with Crippen LogP contribution in [0.25, 0.3) is 0 Å². The van der Waals surface area contributed by atoms with Crippen LogP contribution in [0, 0.1) is 0 Å². The number of amides is 3. The molecule has 7 heteroatoms. The van der Waals surface area contributed by atoms with Crippen molar-refractivity contribution < 1.29 is 19.1 Å². The van der Waals surface area contributed by atoms with Gasteiger partial charge in [-0.2, -0.15) is 0 Å². The molecule has 6 nitrogen and oxygen atoms in total. The van der Waals surface area contributed by atoms with Gasteiger partial charge in [-0.1, -0.05) is 0 Å². The summed E-state index contributed by atoms with van der Waals surface area (Å²) in [6.07, 6.45) is 4.28. The minimum absolute atomic E-state index is 0.447. The molecule has 0 saturated heterocycles. The summed E-state index contributed by atoms with van der Waals surface area (Å²) in [5.74, 6) is -1.17. The van der Waals surface area contributed by atoms with Crippen LogP contribution in [0.5, 0.6) is 0 Å². The molecule has 1 heterocycles. The largest absolute Gasteiger partial charge is 0.451 e. The zero-order chi connectivity index (χ0) is 17.0. The summed E-state index contributed by atoms with van der Waals surface area (Å²) in [6, 6.07) is 1.25. The van der Waals surface area contributed by atoms with Crippen LogP contribution in [0.1, 0.15) is 53.7 Å². The van der Waals surface area contributed by atoms with E-state index >= 15 is 0 Å². The van der Waals surface area contributed by atoms with Crippen molar-refractivity contribution in [2.75, 3.05) is 6.61 Å². The normalized spacial score (nSPS) is 13.9. The molecule has 0 spiro atoms. The van der Waals surface area contributed by atoms with Crippen molar-refractivity contribution >= 4 is 29.2 Å². The lowest BCUT2D eigenvalue weighted by molar-refractivity contribution is -0.123. The smallest absolute Gasteiger partial charge is 0.348 e. The predicted molar refractivity (Wildman–Crippen MR) is 87.7 cm³/mol. The van der Waals surface area contributed by atoms with Crippen LogP contribution >= 0.6 is 11.3 Å². The fraction of sp³-hybridized carbons (Fsp3) is 0.562. The highest BCUT2D eigenvalue weighted by atomic mass is 32.1. The van der Waals surface area contributed by atoms with Gasteiger partial charge in [0, 0.05) is 10.4 Å². The van der Waals surface area contributed by atoms with Crippen LogP contribution in [0.15, 0.2) is 6.07 Å². The van der Waals surface area contributed by atoms with Gasteiger partial charge in [-0.3, -0.25) is 10.1 Å². The molecular formula is C16H22N2O4S. The highest BCUT2D eigenvalue weighted by Crippen LogP contribution is 2.29. The molecule has 2 N–H and O–H groups in total. The van der Waals surface area contributed by atoms with E-state index in [1.807, 2.05) is 6.07 Å². The number of imide groups is 1. The maximum atomic E-state index is 12.0. The number of thiophene rings is 1. The van der Waals surface area contributed by atoms with Gasteiger partial charge in [0.15, 0.2) is 6.61 Å². The van der Waals surface area contributed by atoms with Crippen molar-refractivity contribution in [3.63, 3.8) is 0 Å². The molecule has 126 valence electrons. The van der Waals surface area contributed by atoms with E-state index < -0.39 is 30.1 Å². The highest BCUT2D eigenvalue weighted by molar-refractivity contribution is 7.14. The summed E-state index contributed by atoms with van der Waals surface area (Å²) >= 11 is 1.43. The summed E-state index contributed by atoms with van der Waals surface area (Å²) in [6.45, 7) is 4.93. The summed E-state index contributed by atoms with van der Waals surface area (Å²) in [5.41, 5.74) is 0.763. The fourth-order valence-corrected chi connectivity index (χ4v) is 3.48. The van der Waals surface area contributed by atoms with Gasteiger partial charge in [0.2, 0.25) is 0 Å². The molecule has 0 radical (unpaired) electrons. The molecule has 2 rings (SSSR count). The van der Waals surface area contributed by atoms with Crippen molar-refractivity contribution in [3.8, 4) is 0 Å². The highest BCUT2D eigenvalue weighted by Gasteiger charge is 2.20. The zero-order valence-electron chi connectivity index (χ0n) is 13.7. The molecule has 0 bridgehead atoms. The third-order valence-electron chi connectivity index (χ3n) is 3.27. The van der Waals surface area contributed by atoms with E-state index in [1.54, 1.807) is 20.8 Å². The van der Waals surface area contributed by atoms with Crippen LogP contribution in [0.4, 0.5) is 4.79 Å². The Morgan fingerprint density at radius 1 is 1.22 bits per heavy atom. The van der Waals surface area contributed by atoms with Crippen molar-refractivity contribution in [1.29, 1.82) is 0 Å². The monoisotopic (exact) mass is 338 g/mol. The van der Waals surface area contributed by atoms with E-state index in [4.69, 9.17) is 4.74 Å². The summed E-state index contributed by atoms with van der Waals surface area (Å²) in [5, 5.41) is 4.72. The Balaban J connectivity index is 1.81. The minimum atomic E-state index is -0.651. The first-order valence-corrected chi connectivity index (χ1v) is 8.47. The zero-order valence-corrected chi connectivity index (χ0v) is 14.5. The average Bonchev–Trinajstić information content (AvgIpc) is 2.86. The molecule has 1 aliphatic rings. The van der Waals surface area contributed by atoms with Crippen LogP contribution in [-0.2, 0) is 22.4 Å². The molecule has 0 aromatic carbocycles. The number of aryl methyl sites for hydroxylation is 2. The molecule has 1 aromatic heterocycles. The maximum absolute atomic E-state index is 12.0. The number of esters is 1. The number of hydrogen-bond donors (Lipinski definition) is 2. The first-order valence-electron chi connectivity index (χ1n) is 7.65. The third-order valence-corrected chi connectivity index (χ3v) is 4.49. The van der Waals surface area contributed by atoms with Gasteiger partial charge in [-0.05, 0) is 58.1 Å². The number of nitrogens with one attached hydrogen (secondary N) is 2. The third kappa shape index (κ3) is 5.35. The standard InChI is InChI=1S/C16H22N2O4S/c1-16(2,3)18-15(21)17-13(19)9-22-14(20)12-8-10-6-4-5-7-11(10)23-12/h8H,4-7,9H2,1-3H3,(H2,17,18,19,21). The number of fused-ring (bicyclic) bond motifs is 1. The lowest BCUT2D eigenvalue weighted by atomic mass is 9.99. The number of carbonyl (C=O) groups excluding carboxylic acids is 3. The quantitative estimate of drug-likeness (QED) is 0.829. The van der Waals surface area contributed by atoms with Crippen LogP contribution in [0.2, 0.25) is 0 Å². The van der Waals surface area contributed by atoms with Gasteiger partial charge in [0.05, 0.1) is 0 Å². The van der Waals surface area contributed by atoms with Gasteiger partial charge < -0.3 is 10.1 Å². The lowest BCUT2D eigenvalue weighted by Gasteiger charge is -2.20. The Labute approximate surface area is 139 Å². The second-order valence-electron chi connectivity index (χ2n) is 6.59. The second-order valence-corrected chi connectivity index (χ2v) is 7.73. The van der Waals surface area contributed by atoms with E-state index in [2.05, 4.69) is 10.6 Å². The Kier molecular flexibility index (Phi) is 5.41. The number of hydrogen-bond acceptors (Lipinski definition) is 5. The van der Waals surface area contributed by atoms with Gasteiger partial charge in [-0.15, -0.1) is 11.3 Å². The molecule has 0 atom stereocenters. The minimum Gasteiger partial charge on any atom is -0.451 e. The number of urea groups is 1. The molecule has 0 fully saturated rings. The molecule has 3 amide bonds. The molecule has 1 aromatic rings. The SMILES string of the molecule is CC(C)(C)NC(=O)NC(=O)COC(=O)c1cc2c(s1)CCCC2.